The van der Waals surface area contributed by atoms with Crippen molar-refractivity contribution in [3.63, 3.8) is 0 Å². The highest BCUT2D eigenvalue weighted by Crippen LogP contribution is 2.33. The summed E-state index contributed by atoms with van der Waals surface area (Å²) in [6, 6.07) is 11.2. The number of benzene rings is 2. The topological polar surface area (TPSA) is 98.1 Å². The zero-order valence-electron chi connectivity index (χ0n) is 20.5. The number of rotatable bonds is 4. The van der Waals surface area contributed by atoms with Crippen LogP contribution in [0, 0.1) is 5.82 Å². The highest BCUT2D eigenvalue weighted by Gasteiger charge is 2.23. The number of carbonyl (C=O) groups is 2. The number of amides is 1. The van der Waals surface area contributed by atoms with Crippen molar-refractivity contribution < 1.29 is 18.7 Å². The lowest BCUT2D eigenvalue weighted by atomic mass is 9.93. The summed E-state index contributed by atoms with van der Waals surface area (Å²) in [6.07, 6.45) is 7.50. The Balaban J connectivity index is 0.000000171. The van der Waals surface area contributed by atoms with Gasteiger partial charge in [-0.3, -0.25) is 14.6 Å². The summed E-state index contributed by atoms with van der Waals surface area (Å²) in [7, 11) is 3.72. The maximum Gasteiger partial charge on any atom is 0.234 e. The van der Waals surface area contributed by atoms with Gasteiger partial charge in [0.05, 0.1) is 41.5 Å². The van der Waals surface area contributed by atoms with E-state index in [9.17, 15) is 14.0 Å². The van der Waals surface area contributed by atoms with E-state index in [1.165, 1.54) is 35.2 Å². The van der Waals surface area contributed by atoms with Crippen LogP contribution < -0.4 is 15.4 Å². The zero-order valence-corrected chi connectivity index (χ0v) is 21.3. The van der Waals surface area contributed by atoms with E-state index in [0.717, 1.165) is 41.6 Å². The van der Waals surface area contributed by atoms with Crippen LogP contribution >= 0.6 is 11.8 Å². The molecular formula is C27H26FN5O3S. The number of likely N-dealkylation sites (N-methyl/N-ethyl adjacent to an activating group) is 1. The third-order valence-electron chi connectivity index (χ3n) is 6.57. The number of thioether (sulfide) groups is 1. The molecule has 1 atom stereocenters. The van der Waals surface area contributed by atoms with Gasteiger partial charge in [-0.15, -0.1) is 11.8 Å². The van der Waals surface area contributed by atoms with E-state index in [1.807, 2.05) is 43.7 Å². The Labute approximate surface area is 217 Å². The van der Waals surface area contributed by atoms with Crippen molar-refractivity contribution in [3.05, 3.63) is 71.4 Å². The number of nitrogens with one attached hydrogen (secondary N) is 2. The summed E-state index contributed by atoms with van der Waals surface area (Å²) in [5, 5.41) is 11.7. The molecule has 4 aromatic rings. The lowest BCUT2D eigenvalue weighted by molar-refractivity contribution is -0.113. The van der Waals surface area contributed by atoms with Crippen LogP contribution in [0.2, 0.25) is 0 Å². The Morgan fingerprint density at radius 2 is 2.14 bits per heavy atom. The molecule has 2 aliphatic rings. The van der Waals surface area contributed by atoms with Crippen LogP contribution in [0.3, 0.4) is 0 Å². The Hall–Kier alpha value is -3.76. The largest absolute Gasteiger partial charge is 0.497 e. The molecule has 190 valence electrons. The van der Waals surface area contributed by atoms with E-state index in [-0.39, 0.29) is 17.2 Å². The predicted molar refractivity (Wildman–Crippen MR) is 141 cm³/mol. The number of hydrogen-bond donors (Lipinski definition) is 2. The molecule has 0 fully saturated rings. The Bertz CT molecular complexity index is 1490. The fourth-order valence-corrected chi connectivity index (χ4v) is 5.42. The molecule has 2 N–H and O–H groups in total. The molecule has 10 heteroatoms. The molecule has 2 aromatic carbocycles. The number of nitrogens with zero attached hydrogens (tertiary/aromatic N) is 3. The molecule has 0 bridgehead atoms. The van der Waals surface area contributed by atoms with Gasteiger partial charge in [0, 0.05) is 28.2 Å². The normalized spacial score (nSPS) is 16.2. The van der Waals surface area contributed by atoms with Crippen molar-refractivity contribution in [2.75, 3.05) is 25.2 Å². The lowest BCUT2D eigenvalue weighted by Gasteiger charge is -2.22. The van der Waals surface area contributed by atoms with Crippen LogP contribution in [0.25, 0.3) is 16.6 Å². The maximum atomic E-state index is 13.1. The first kappa shape index (κ1) is 24.9. The fraction of sp³-hybridized carbons (Fsp3) is 0.259. The monoisotopic (exact) mass is 519 g/mol. The third-order valence-corrected chi connectivity index (χ3v) is 7.63. The molecule has 1 unspecified atom stereocenters. The van der Waals surface area contributed by atoms with Crippen LogP contribution in [0.1, 0.15) is 28.0 Å². The Kier molecular flexibility index (Phi) is 7.20. The zero-order chi connectivity index (χ0) is 25.9. The molecule has 6 rings (SSSR count). The van der Waals surface area contributed by atoms with Crippen LogP contribution in [0.4, 0.5) is 10.1 Å². The number of ether oxygens (including phenoxy) is 1. The number of aromatic nitrogens is 3. The molecule has 1 aliphatic carbocycles. The van der Waals surface area contributed by atoms with Crippen molar-refractivity contribution in [2.45, 2.75) is 30.2 Å². The van der Waals surface area contributed by atoms with Gasteiger partial charge in [0.25, 0.3) is 0 Å². The molecular weight excluding hydrogens is 493 g/mol. The summed E-state index contributed by atoms with van der Waals surface area (Å²) in [4.78, 5) is 26.5. The molecule has 8 nitrogen and oxygen atoms in total. The van der Waals surface area contributed by atoms with Crippen molar-refractivity contribution >= 4 is 40.5 Å². The first-order chi connectivity index (χ1) is 18.0. The smallest absolute Gasteiger partial charge is 0.234 e. The Morgan fingerprint density at radius 3 is 2.92 bits per heavy atom. The molecule has 37 heavy (non-hydrogen) atoms. The first-order valence-electron chi connectivity index (χ1n) is 11.9. The van der Waals surface area contributed by atoms with Crippen molar-refractivity contribution in [3.8, 4) is 11.4 Å². The van der Waals surface area contributed by atoms with Gasteiger partial charge in [-0.2, -0.15) is 5.10 Å². The van der Waals surface area contributed by atoms with Gasteiger partial charge in [0.1, 0.15) is 11.6 Å². The van der Waals surface area contributed by atoms with E-state index in [2.05, 4.69) is 25.4 Å². The lowest BCUT2D eigenvalue weighted by Crippen LogP contribution is -2.31. The summed E-state index contributed by atoms with van der Waals surface area (Å²) in [5.41, 5.74) is 5.14. The molecule has 2 aromatic heterocycles. The highest BCUT2D eigenvalue weighted by molar-refractivity contribution is 8.00. The number of aldehydes is 1. The molecule has 0 saturated heterocycles. The van der Waals surface area contributed by atoms with Gasteiger partial charge in [-0.1, -0.05) is 0 Å². The number of carbonyl (C=O) groups excluding carboxylic acids is 2. The maximum absolute atomic E-state index is 13.1. The number of hydrogen-bond acceptors (Lipinski definition) is 7. The fourth-order valence-electron chi connectivity index (χ4n) is 4.61. The number of anilines is 1. The van der Waals surface area contributed by atoms with Crippen molar-refractivity contribution in [1.82, 2.24) is 20.1 Å². The van der Waals surface area contributed by atoms with Gasteiger partial charge in [-0.25, -0.2) is 9.07 Å². The second kappa shape index (κ2) is 10.7. The van der Waals surface area contributed by atoms with Gasteiger partial charge in [-0.05, 0) is 68.3 Å². The Morgan fingerprint density at radius 1 is 1.27 bits per heavy atom. The van der Waals surface area contributed by atoms with Gasteiger partial charge in [0.2, 0.25) is 5.91 Å². The minimum absolute atomic E-state index is 0.0356. The van der Waals surface area contributed by atoms with Crippen LogP contribution in [0.15, 0.2) is 53.7 Å². The van der Waals surface area contributed by atoms with Gasteiger partial charge >= 0.3 is 0 Å². The van der Waals surface area contributed by atoms with Crippen LogP contribution in [-0.2, 0) is 17.6 Å². The average molecular weight is 520 g/mol. The summed E-state index contributed by atoms with van der Waals surface area (Å²) in [6.45, 7) is 0. The summed E-state index contributed by atoms with van der Waals surface area (Å²) >= 11 is 1.26. The number of pyridine rings is 1. The van der Waals surface area contributed by atoms with E-state index >= 15 is 0 Å². The first-order valence-corrected chi connectivity index (χ1v) is 12.9. The molecule has 1 aliphatic heterocycles. The number of methoxy groups -OCH3 is 1. The van der Waals surface area contributed by atoms with Gasteiger partial charge < -0.3 is 15.4 Å². The molecule has 0 spiro atoms. The standard InChI is InChI=1S/C18H20N4O.C9H6FNO2S/c1-19-13-3-6-17-12(9-13)11-21-22(17)18-7-8-20-16-5-4-14(23-2)10-15(16)18;10-6-2-8-7(1-5(6)3-12)11-9(13)4-14-8/h4-5,7-8,10-11,13,19H,3,6,9H2,1-2H3;1-3H,4H2,(H,11,13). The molecule has 1 amide bonds. The predicted octanol–water partition coefficient (Wildman–Crippen LogP) is 4.19. The SMILES string of the molecule is CNC1CCc2c(cnn2-c2ccnc3ccc(OC)cc23)C1.O=Cc1cc2c(cc1F)SCC(=O)N2. The average Bonchev–Trinajstić information content (AvgIpc) is 3.35. The van der Waals surface area contributed by atoms with E-state index < -0.39 is 5.82 Å². The third kappa shape index (κ3) is 5.07. The van der Waals surface area contributed by atoms with Crippen molar-refractivity contribution in [2.24, 2.45) is 0 Å². The number of fused-ring (bicyclic) bond motifs is 3. The number of halogens is 1. The van der Waals surface area contributed by atoms with E-state index in [4.69, 9.17) is 4.74 Å². The summed E-state index contributed by atoms with van der Waals surface area (Å²) in [5.74, 6) is 0.434. The van der Waals surface area contributed by atoms with Crippen molar-refractivity contribution in [1.29, 1.82) is 0 Å². The van der Waals surface area contributed by atoms with Crippen LogP contribution in [-0.4, -0.2) is 52.9 Å². The second-order valence-corrected chi connectivity index (χ2v) is 9.81. The van der Waals surface area contributed by atoms with Gasteiger partial charge in [0.15, 0.2) is 6.29 Å². The highest BCUT2D eigenvalue weighted by atomic mass is 32.2. The second-order valence-electron chi connectivity index (χ2n) is 8.79. The van der Waals surface area contributed by atoms with E-state index in [1.54, 1.807) is 7.11 Å². The van der Waals surface area contributed by atoms with E-state index in [0.29, 0.717) is 22.9 Å². The van der Waals surface area contributed by atoms with Crippen LogP contribution in [0.5, 0.6) is 5.75 Å². The molecule has 0 saturated carbocycles. The summed E-state index contributed by atoms with van der Waals surface area (Å²) < 4.78 is 20.6. The molecule has 0 radical (unpaired) electrons. The quantitative estimate of drug-likeness (QED) is 0.390. The minimum Gasteiger partial charge on any atom is -0.497 e. The minimum atomic E-state index is -0.553. The molecule has 3 heterocycles.